The second-order valence-corrected chi connectivity index (χ2v) is 5.32. The Kier molecular flexibility index (Phi) is 5.95. The van der Waals surface area contributed by atoms with Crippen LogP contribution in [0.15, 0.2) is 22.7 Å². The summed E-state index contributed by atoms with van der Waals surface area (Å²) >= 11 is 9.29. The van der Waals surface area contributed by atoms with Gasteiger partial charge in [0.2, 0.25) is 0 Å². The van der Waals surface area contributed by atoms with Gasteiger partial charge in [-0.25, -0.2) is 0 Å². The summed E-state index contributed by atoms with van der Waals surface area (Å²) in [5.41, 5.74) is 0.498. The number of amides is 1. The van der Waals surface area contributed by atoms with Gasteiger partial charge in [-0.3, -0.25) is 4.79 Å². The lowest BCUT2D eigenvalue weighted by atomic mass is 10.1. The van der Waals surface area contributed by atoms with Crippen molar-refractivity contribution in [2.45, 2.75) is 6.92 Å². The minimum atomic E-state index is -0.140. The molecule has 1 amide bonds. The molecule has 0 radical (unpaired) electrons. The zero-order valence-corrected chi connectivity index (χ0v) is 12.2. The van der Waals surface area contributed by atoms with Gasteiger partial charge in [-0.15, -0.1) is 0 Å². The van der Waals surface area contributed by atoms with E-state index in [-0.39, 0.29) is 5.91 Å². The molecule has 5 heteroatoms. The highest BCUT2D eigenvalue weighted by Gasteiger charge is 2.11. The highest BCUT2D eigenvalue weighted by Crippen LogP contribution is 2.20. The molecule has 0 spiro atoms. The molecule has 0 aliphatic heterocycles. The molecule has 0 aromatic heterocycles. The Morgan fingerprint density at radius 3 is 2.82 bits per heavy atom. The average molecular weight is 320 g/mol. The molecule has 1 atom stereocenters. The molecule has 17 heavy (non-hydrogen) atoms. The normalized spacial score (nSPS) is 12.2. The maximum Gasteiger partial charge on any atom is 0.252 e. The summed E-state index contributed by atoms with van der Waals surface area (Å²) in [6.07, 6.45) is 0. The van der Waals surface area contributed by atoms with Crippen LogP contribution in [0.2, 0.25) is 5.02 Å². The zero-order valence-electron chi connectivity index (χ0n) is 9.89. The molecule has 0 bridgehead atoms. The number of rotatable bonds is 5. The van der Waals surface area contributed by atoms with E-state index >= 15 is 0 Å². The summed E-state index contributed by atoms with van der Waals surface area (Å²) in [5, 5.41) is 6.40. The first-order valence-corrected chi connectivity index (χ1v) is 6.59. The van der Waals surface area contributed by atoms with Gasteiger partial charge in [0.05, 0.1) is 10.6 Å². The van der Waals surface area contributed by atoms with Gasteiger partial charge < -0.3 is 10.6 Å². The second kappa shape index (κ2) is 6.99. The van der Waals surface area contributed by atoms with Crippen molar-refractivity contribution < 1.29 is 4.79 Å². The van der Waals surface area contributed by atoms with Gasteiger partial charge in [0.1, 0.15) is 0 Å². The molecule has 1 unspecified atom stereocenters. The Bertz CT molecular complexity index is 398. The summed E-state index contributed by atoms with van der Waals surface area (Å²) in [6.45, 7) is 3.56. The fraction of sp³-hybridized carbons (Fsp3) is 0.417. The molecule has 0 aliphatic carbocycles. The summed E-state index contributed by atoms with van der Waals surface area (Å²) in [5.74, 6) is 0.245. The molecule has 1 rings (SSSR count). The van der Waals surface area contributed by atoms with E-state index in [1.54, 1.807) is 12.1 Å². The molecule has 0 aliphatic rings. The quantitative estimate of drug-likeness (QED) is 0.876. The molecular formula is C12H16BrClN2O. The van der Waals surface area contributed by atoms with Gasteiger partial charge in [-0.05, 0) is 37.7 Å². The van der Waals surface area contributed by atoms with Crippen molar-refractivity contribution in [2.75, 3.05) is 20.1 Å². The average Bonchev–Trinajstić information content (AvgIpc) is 2.29. The van der Waals surface area contributed by atoms with Crippen LogP contribution in [0.25, 0.3) is 0 Å². The van der Waals surface area contributed by atoms with E-state index in [2.05, 4.69) is 33.5 Å². The Morgan fingerprint density at radius 2 is 2.18 bits per heavy atom. The third-order valence-corrected chi connectivity index (χ3v) is 3.16. The van der Waals surface area contributed by atoms with Crippen LogP contribution < -0.4 is 10.6 Å². The summed E-state index contributed by atoms with van der Waals surface area (Å²) < 4.78 is 0.843. The van der Waals surface area contributed by atoms with Gasteiger partial charge in [0.15, 0.2) is 0 Å². The highest BCUT2D eigenvalue weighted by molar-refractivity contribution is 9.10. The number of hydrogen-bond donors (Lipinski definition) is 2. The van der Waals surface area contributed by atoms with E-state index < -0.39 is 0 Å². The number of nitrogens with one attached hydrogen (secondary N) is 2. The number of carbonyl (C=O) groups is 1. The molecule has 1 aromatic carbocycles. The van der Waals surface area contributed by atoms with Gasteiger partial charge in [0, 0.05) is 11.0 Å². The molecule has 0 fully saturated rings. The van der Waals surface area contributed by atoms with Gasteiger partial charge in [0.25, 0.3) is 5.91 Å². The van der Waals surface area contributed by atoms with Crippen LogP contribution in [0.3, 0.4) is 0 Å². The zero-order chi connectivity index (χ0) is 12.8. The van der Waals surface area contributed by atoms with Gasteiger partial charge in [-0.2, -0.15) is 0 Å². The van der Waals surface area contributed by atoms with Crippen LogP contribution in [0.1, 0.15) is 17.3 Å². The third-order valence-electron chi connectivity index (χ3n) is 2.34. The minimum Gasteiger partial charge on any atom is -0.352 e. The molecule has 0 saturated carbocycles. The Labute approximate surface area is 115 Å². The standard InChI is InChI=1S/C12H16BrClN2O/c1-8(6-15-2)7-16-12(17)10-5-9(13)3-4-11(10)14/h3-5,8,15H,6-7H2,1-2H3,(H,16,17). The third kappa shape index (κ3) is 4.66. The van der Waals surface area contributed by atoms with Crippen molar-refractivity contribution in [2.24, 2.45) is 5.92 Å². The van der Waals surface area contributed by atoms with Gasteiger partial charge >= 0.3 is 0 Å². The van der Waals surface area contributed by atoms with Crippen LogP contribution >= 0.6 is 27.5 Å². The van der Waals surface area contributed by atoms with Crippen LogP contribution in [-0.2, 0) is 0 Å². The van der Waals surface area contributed by atoms with E-state index in [1.165, 1.54) is 0 Å². The van der Waals surface area contributed by atoms with Crippen molar-refractivity contribution in [3.63, 3.8) is 0 Å². The van der Waals surface area contributed by atoms with E-state index in [1.807, 2.05) is 13.1 Å². The highest BCUT2D eigenvalue weighted by atomic mass is 79.9. The van der Waals surface area contributed by atoms with Crippen LogP contribution in [0.5, 0.6) is 0 Å². The van der Waals surface area contributed by atoms with E-state index in [0.717, 1.165) is 11.0 Å². The molecule has 3 nitrogen and oxygen atoms in total. The molecule has 94 valence electrons. The van der Waals surface area contributed by atoms with Crippen LogP contribution in [0, 0.1) is 5.92 Å². The van der Waals surface area contributed by atoms with Crippen molar-refractivity contribution in [1.29, 1.82) is 0 Å². The van der Waals surface area contributed by atoms with Crippen LogP contribution in [0.4, 0.5) is 0 Å². The van der Waals surface area contributed by atoms with E-state index in [0.29, 0.717) is 23.0 Å². The molecule has 2 N–H and O–H groups in total. The number of carbonyl (C=O) groups excluding carboxylic acids is 1. The lowest BCUT2D eigenvalue weighted by molar-refractivity contribution is 0.0948. The minimum absolute atomic E-state index is 0.140. The monoisotopic (exact) mass is 318 g/mol. The maximum atomic E-state index is 11.9. The van der Waals surface area contributed by atoms with Crippen LogP contribution in [-0.4, -0.2) is 26.0 Å². The predicted molar refractivity (Wildman–Crippen MR) is 74.6 cm³/mol. The summed E-state index contributed by atoms with van der Waals surface area (Å²) in [7, 11) is 1.89. The number of benzene rings is 1. The smallest absolute Gasteiger partial charge is 0.252 e. The fourth-order valence-electron chi connectivity index (χ4n) is 1.45. The Balaban J connectivity index is 2.61. The lowest BCUT2D eigenvalue weighted by Crippen LogP contribution is -2.32. The summed E-state index contributed by atoms with van der Waals surface area (Å²) in [4.78, 5) is 11.9. The molecular weight excluding hydrogens is 304 g/mol. The first-order valence-electron chi connectivity index (χ1n) is 5.42. The lowest BCUT2D eigenvalue weighted by Gasteiger charge is -2.12. The topological polar surface area (TPSA) is 41.1 Å². The fourth-order valence-corrected chi connectivity index (χ4v) is 2.02. The van der Waals surface area contributed by atoms with Crippen molar-refractivity contribution in [3.05, 3.63) is 33.3 Å². The predicted octanol–water partition coefficient (Wildman–Crippen LogP) is 2.69. The van der Waals surface area contributed by atoms with Crippen molar-refractivity contribution in [3.8, 4) is 0 Å². The Hall–Kier alpha value is -0.580. The molecule has 0 saturated heterocycles. The van der Waals surface area contributed by atoms with Gasteiger partial charge in [-0.1, -0.05) is 34.5 Å². The first kappa shape index (κ1) is 14.5. The SMILES string of the molecule is CNCC(C)CNC(=O)c1cc(Br)ccc1Cl. The van der Waals surface area contributed by atoms with Crippen molar-refractivity contribution >= 4 is 33.4 Å². The van der Waals surface area contributed by atoms with Crippen molar-refractivity contribution in [1.82, 2.24) is 10.6 Å². The second-order valence-electron chi connectivity index (χ2n) is 4.00. The first-order chi connectivity index (χ1) is 8.04. The summed E-state index contributed by atoms with van der Waals surface area (Å²) in [6, 6.07) is 5.24. The van der Waals surface area contributed by atoms with E-state index in [4.69, 9.17) is 11.6 Å². The number of halogens is 2. The number of hydrogen-bond acceptors (Lipinski definition) is 2. The van der Waals surface area contributed by atoms with E-state index in [9.17, 15) is 4.79 Å². The Morgan fingerprint density at radius 1 is 1.47 bits per heavy atom. The maximum absolute atomic E-state index is 11.9. The molecule has 0 heterocycles. The largest absolute Gasteiger partial charge is 0.352 e. The molecule has 1 aromatic rings.